The van der Waals surface area contributed by atoms with E-state index in [-0.39, 0.29) is 0 Å². The Balaban J connectivity index is 1.55. The molecule has 1 aliphatic heterocycles. The summed E-state index contributed by atoms with van der Waals surface area (Å²) in [5.41, 5.74) is 5.39. The van der Waals surface area contributed by atoms with Crippen LogP contribution in [0.4, 0.5) is 11.9 Å². The highest BCUT2D eigenvalue weighted by Gasteiger charge is 2.22. The Bertz CT molecular complexity index is 525. The first kappa shape index (κ1) is 21.2. The molecule has 1 saturated heterocycles. The molecule has 8 heteroatoms. The molecule has 0 atom stereocenters. The Morgan fingerprint density at radius 2 is 1.57 bits per heavy atom. The van der Waals surface area contributed by atoms with Crippen LogP contribution in [0.15, 0.2) is 0 Å². The molecule has 0 spiro atoms. The molecule has 2 heterocycles. The van der Waals surface area contributed by atoms with Crippen LogP contribution in [0, 0.1) is 0 Å². The van der Waals surface area contributed by atoms with Crippen molar-refractivity contribution < 1.29 is 9.47 Å². The van der Waals surface area contributed by atoms with Crippen LogP contribution in [0.1, 0.15) is 63.1 Å². The maximum Gasteiger partial charge on any atom is 0.230 e. The van der Waals surface area contributed by atoms with Gasteiger partial charge in [0.1, 0.15) is 5.82 Å². The second-order valence-corrected chi connectivity index (χ2v) is 7.64. The zero-order chi connectivity index (χ0) is 19.4. The third-order valence-corrected chi connectivity index (χ3v) is 5.41. The summed E-state index contributed by atoms with van der Waals surface area (Å²) in [6.45, 7) is 5.62. The van der Waals surface area contributed by atoms with E-state index in [9.17, 15) is 0 Å². The average molecular weight is 393 g/mol. The maximum atomic E-state index is 5.59. The molecule has 0 unspecified atom stereocenters. The smallest absolute Gasteiger partial charge is 0.230 e. The lowest BCUT2D eigenvalue weighted by molar-refractivity contribution is 0.0547. The first-order valence-corrected chi connectivity index (χ1v) is 11.0. The van der Waals surface area contributed by atoms with E-state index in [1.165, 1.54) is 51.4 Å². The van der Waals surface area contributed by atoms with Crippen molar-refractivity contribution in [1.82, 2.24) is 15.0 Å². The van der Waals surface area contributed by atoms with Gasteiger partial charge < -0.3 is 25.4 Å². The minimum absolute atomic E-state index is 0.469. The van der Waals surface area contributed by atoms with Crippen molar-refractivity contribution in [1.29, 1.82) is 0 Å². The first-order chi connectivity index (χ1) is 13.9. The fraction of sp³-hybridized carbons (Fsp3) is 0.850. The van der Waals surface area contributed by atoms with Crippen molar-refractivity contribution in [2.45, 2.75) is 57.3 Å². The van der Waals surface area contributed by atoms with E-state index in [0.29, 0.717) is 51.4 Å². The molecule has 1 aliphatic carbocycles. The number of hydrogen-bond donors (Lipinski definition) is 2. The summed E-state index contributed by atoms with van der Waals surface area (Å²) in [7, 11) is 0. The number of nitrogens with two attached hydrogens (primary N) is 1. The predicted molar refractivity (Wildman–Crippen MR) is 111 cm³/mol. The third kappa shape index (κ3) is 6.83. The number of nitrogens with one attached hydrogen (secondary N) is 1. The van der Waals surface area contributed by atoms with Crippen LogP contribution < -0.4 is 16.0 Å². The normalized spacial score (nSPS) is 18.4. The Kier molecular flexibility index (Phi) is 9.19. The van der Waals surface area contributed by atoms with Gasteiger partial charge in [0.25, 0.3) is 0 Å². The van der Waals surface area contributed by atoms with Crippen LogP contribution >= 0.6 is 0 Å². The second kappa shape index (κ2) is 12.1. The minimum Gasteiger partial charge on any atom is -0.378 e. The molecule has 1 aromatic rings. The summed E-state index contributed by atoms with van der Waals surface area (Å²) >= 11 is 0. The lowest BCUT2D eigenvalue weighted by atomic mass is 9.89. The molecule has 3 rings (SSSR count). The summed E-state index contributed by atoms with van der Waals surface area (Å²) in [4.78, 5) is 16.7. The van der Waals surface area contributed by atoms with E-state index >= 15 is 0 Å². The highest BCUT2D eigenvalue weighted by molar-refractivity contribution is 5.38. The number of nitrogens with zero attached hydrogens (tertiary/aromatic N) is 4. The Morgan fingerprint density at radius 1 is 0.857 bits per heavy atom. The molecular weight excluding hydrogens is 356 g/mol. The Hall–Kier alpha value is -1.51. The topological polar surface area (TPSA) is 98.4 Å². The van der Waals surface area contributed by atoms with Crippen LogP contribution in [0.2, 0.25) is 0 Å². The molecule has 0 bridgehead atoms. The zero-order valence-electron chi connectivity index (χ0n) is 17.1. The second-order valence-electron chi connectivity index (χ2n) is 7.64. The third-order valence-electron chi connectivity index (χ3n) is 5.41. The number of ether oxygens (including phenoxy) is 2. The summed E-state index contributed by atoms with van der Waals surface area (Å²) in [6.07, 6.45) is 9.99. The van der Waals surface area contributed by atoms with E-state index in [1.54, 1.807) is 0 Å². The number of piperidine rings is 1. The molecule has 0 radical (unpaired) electrons. The highest BCUT2D eigenvalue weighted by atomic mass is 16.5. The van der Waals surface area contributed by atoms with Crippen LogP contribution in [0.5, 0.6) is 0 Å². The van der Waals surface area contributed by atoms with Crippen molar-refractivity contribution in [3.63, 3.8) is 0 Å². The number of anilines is 2. The monoisotopic (exact) mass is 392 g/mol. The fourth-order valence-corrected chi connectivity index (χ4v) is 3.88. The SMILES string of the molecule is NCCOCCOCCNc1nc(C2CCCCC2)nc(N2CCCCC2)n1. The van der Waals surface area contributed by atoms with E-state index in [4.69, 9.17) is 30.2 Å². The fourth-order valence-electron chi connectivity index (χ4n) is 3.88. The Labute approximate surface area is 168 Å². The van der Waals surface area contributed by atoms with Crippen LogP contribution in [-0.4, -0.2) is 67.6 Å². The van der Waals surface area contributed by atoms with E-state index in [2.05, 4.69) is 10.2 Å². The molecule has 2 fully saturated rings. The van der Waals surface area contributed by atoms with Gasteiger partial charge in [0, 0.05) is 32.1 Å². The van der Waals surface area contributed by atoms with E-state index in [0.717, 1.165) is 24.9 Å². The van der Waals surface area contributed by atoms with Gasteiger partial charge in [-0.2, -0.15) is 15.0 Å². The van der Waals surface area contributed by atoms with Gasteiger partial charge in [-0.25, -0.2) is 0 Å². The molecule has 3 N–H and O–H groups in total. The largest absolute Gasteiger partial charge is 0.378 e. The molecule has 1 saturated carbocycles. The van der Waals surface area contributed by atoms with Gasteiger partial charge in [0.2, 0.25) is 11.9 Å². The number of hydrogen-bond acceptors (Lipinski definition) is 8. The minimum atomic E-state index is 0.469. The number of rotatable bonds is 11. The Morgan fingerprint density at radius 3 is 2.32 bits per heavy atom. The number of aromatic nitrogens is 3. The van der Waals surface area contributed by atoms with Crippen molar-refractivity contribution >= 4 is 11.9 Å². The molecule has 1 aromatic heterocycles. The molecule has 28 heavy (non-hydrogen) atoms. The van der Waals surface area contributed by atoms with Crippen molar-refractivity contribution in [2.75, 3.05) is 62.8 Å². The van der Waals surface area contributed by atoms with E-state index in [1.807, 2.05) is 0 Å². The summed E-state index contributed by atoms with van der Waals surface area (Å²) in [5, 5.41) is 3.33. The molecule has 158 valence electrons. The molecule has 0 aromatic carbocycles. The van der Waals surface area contributed by atoms with Gasteiger partial charge in [-0.15, -0.1) is 0 Å². The van der Waals surface area contributed by atoms with Gasteiger partial charge in [-0.05, 0) is 32.1 Å². The van der Waals surface area contributed by atoms with Crippen LogP contribution in [-0.2, 0) is 9.47 Å². The van der Waals surface area contributed by atoms with Crippen LogP contribution in [0.25, 0.3) is 0 Å². The highest BCUT2D eigenvalue weighted by Crippen LogP contribution is 2.31. The quantitative estimate of drug-likeness (QED) is 0.554. The first-order valence-electron chi connectivity index (χ1n) is 11.0. The van der Waals surface area contributed by atoms with Gasteiger partial charge in [0.15, 0.2) is 0 Å². The van der Waals surface area contributed by atoms with Gasteiger partial charge >= 0.3 is 0 Å². The zero-order valence-corrected chi connectivity index (χ0v) is 17.1. The van der Waals surface area contributed by atoms with Crippen LogP contribution in [0.3, 0.4) is 0 Å². The lowest BCUT2D eigenvalue weighted by Crippen LogP contribution is -2.32. The van der Waals surface area contributed by atoms with Gasteiger partial charge in [-0.1, -0.05) is 19.3 Å². The van der Waals surface area contributed by atoms with Crippen molar-refractivity contribution in [3.8, 4) is 0 Å². The maximum absolute atomic E-state index is 5.59. The molecule has 0 amide bonds. The van der Waals surface area contributed by atoms with Crippen molar-refractivity contribution in [3.05, 3.63) is 5.82 Å². The predicted octanol–water partition coefficient (Wildman–Crippen LogP) is 2.31. The summed E-state index contributed by atoms with van der Waals surface area (Å²) in [6, 6.07) is 0. The van der Waals surface area contributed by atoms with Crippen molar-refractivity contribution in [2.24, 2.45) is 5.73 Å². The summed E-state index contributed by atoms with van der Waals surface area (Å²) < 4.78 is 10.9. The standard InChI is InChI=1S/C20H36N6O2/c21-9-13-27-15-16-28-14-10-22-19-23-18(17-7-3-1-4-8-17)24-20(25-19)26-11-5-2-6-12-26/h17H,1-16,21H2,(H,22,23,24,25). The molecule has 2 aliphatic rings. The molecular formula is C20H36N6O2. The summed E-state index contributed by atoms with van der Waals surface area (Å²) in [5.74, 6) is 2.96. The van der Waals surface area contributed by atoms with Gasteiger partial charge in [-0.3, -0.25) is 0 Å². The van der Waals surface area contributed by atoms with E-state index < -0.39 is 0 Å². The molecule has 8 nitrogen and oxygen atoms in total. The van der Waals surface area contributed by atoms with Gasteiger partial charge in [0.05, 0.1) is 26.4 Å². The average Bonchev–Trinajstić information content (AvgIpc) is 2.76. The lowest BCUT2D eigenvalue weighted by Gasteiger charge is -2.28.